The SMILES string of the molecule is C=C(O[Si](C)(C)C)c1cc2cc3c(cc2cc1NC(c1ccccc1)c1ccccc1)OCO3. The van der Waals surface area contributed by atoms with Gasteiger partial charge >= 0.3 is 0 Å². The molecule has 34 heavy (non-hydrogen) atoms. The Labute approximate surface area is 201 Å². The maximum absolute atomic E-state index is 6.35. The van der Waals surface area contributed by atoms with Gasteiger partial charge in [-0.1, -0.05) is 67.2 Å². The predicted octanol–water partition coefficient (Wildman–Crippen LogP) is 7.59. The highest BCUT2D eigenvalue weighted by Gasteiger charge is 2.23. The van der Waals surface area contributed by atoms with Gasteiger partial charge in [-0.3, -0.25) is 0 Å². The van der Waals surface area contributed by atoms with Crippen molar-refractivity contribution in [2.75, 3.05) is 12.1 Å². The Morgan fingerprint density at radius 3 is 1.88 bits per heavy atom. The van der Waals surface area contributed by atoms with Crippen LogP contribution in [0, 0.1) is 0 Å². The van der Waals surface area contributed by atoms with Crippen LogP contribution in [-0.2, 0) is 4.43 Å². The second-order valence-electron chi connectivity index (χ2n) is 9.49. The molecule has 0 aliphatic carbocycles. The molecule has 0 atom stereocenters. The fourth-order valence-electron chi connectivity index (χ4n) is 4.27. The van der Waals surface area contributed by atoms with Gasteiger partial charge in [-0.15, -0.1) is 0 Å². The lowest BCUT2D eigenvalue weighted by Gasteiger charge is -2.26. The maximum Gasteiger partial charge on any atom is 0.242 e. The quantitative estimate of drug-likeness (QED) is 0.224. The molecule has 1 aliphatic heterocycles. The van der Waals surface area contributed by atoms with Crippen LogP contribution in [0.5, 0.6) is 11.5 Å². The second-order valence-corrected chi connectivity index (χ2v) is 13.9. The number of nitrogens with one attached hydrogen (secondary N) is 1. The van der Waals surface area contributed by atoms with Gasteiger partial charge in [-0.25, -0.2) is 0 Å². The monoisotopic (exact) mass is 467 g/mol. The molecule has 0 radical (unpaired) electrons. The zero-order valence-electron chi connectivity index (χ0n) is 19.8. The minimum Gasteiger partial charge on any atom is -0.544 e. The molecular weight excluding hydrogens is 438 g/mol. The number of anilines is 1. The van der Waals surface area contributed by atoms with Gasteiger partial charge in [0.05, 0.1) is 6.04 Å². The normalized spacial score (nSPS) is 12.7. The van der Waals surface area contributed by atoms with E-state index in [0.29, 0.717) is 5.76 Å². The summed E-state index contributed by atoms with van der Waals surface area (Å²) < 4.78 is 17.6. The topological polar surface area (TPSA) is 39.7 Å². The molecule has 4 aromatic rings. The number of hydrogen-bond acceptors (Lipinski definition) is 4. The lowest BCUT2D eigenvalue weighted by Crippen LogP contribution is -2.24. The van der Waals surface area contributed by atoms with Crippen LogP contribution in [0.3, 0.4) is 0 Å². The first-order valence-electron chi connectivity index (χ1n) is 11.5. The van der Waals surface area contributed by atoms with Crippen LogP contribution in [0.2, 0.25) is 19.6 Å². The Morgan fingerprint density at radius 1 is 0.824 bits per heavy atom. The van der Waals surface area contributed by atoms with Crippen LogP contribution < -0.4 is 14.8 Å². The largest absolute Gasteiger partial charge is 0.544 e. The summed E-state index contributed by atoms with van der Waals surface area (Å²) in [5.41, 5.74) is 4.28. The fraction of sp³-hybridized carbons (Fsp3) is 0.172. The fourth-order valence-corrected chi connectivity index (χ4v) is 5.12. The van der Waals surface area contributed by atoms with Crippen molar-refractivity contribution in [2.45, 2.75) is 25.7 Å². The summed E-state index contributed by atoms with van der Waals surface area (Å²) in [5.74, 6) is 2.22. The minimum absolute atomic E-state index is 0.0349. The number of benzene rings is 4. The first kappa shape index (κ1) is 22.1. The summed E-state index contributed by atoms with van der Waals surface area (Å²) in [6, 6.07) is 29.3. The van der Waals surface area contributed by atoms with Crippen LogP contribution in [0.4, 0.5) is 5.69 Å². The summed E-state index contributed by atoms with van der Waals surface area (Å²) in [7, 11) is -1.85. The lowest BCUT2D eigenvalue weighted by atomic mass is 9.96. The Hall–Kier alpha value is -3.70. The summed E-state index contributed by atoms with van der Waals surface area (Å²) in [5, 5.41) is 5.93. The van der Waals surface area contributed by atoms with Crippen molar-refractivity contribution in [1.82, 2.24) is 0 Å². The van der Waals surface area contributed by atoms with Gasteiger partial charge < -0.3 is 19.2 Å². The summed E-state index contributed by atoms with van der Waals surface area (Å²) in [6.45, 7) is 11.1. The van der Waals surface area contributed by atoms with Gasteiger partial charge in [-0.05, 0) is 65.8 Å². The Bertz CT molecular complexity index is 1290. The molecule has 4 aromatic carbocycles. The van der Waals surface area contributed by atoms with E-state index in [1.54, 1.807) is 0 Å². The van der Waals surface area contributed by atoms with Crippen molar-refractivity contribution in [3.05, 3.63) is 108 Å². The van der Waals surface area contributed by atoms with E-state index in [9.17, 15) is 0 Å². The third kappa shape index (κ3) is 4.66. The van der Waals surface area contributed by atoms with Crippen LogP contribution >= 0.6 is 0 Å². The summed E-state index contributed by atoms with van der Waals surface area (Å²) in [4.78, 5) is 0. The van der Waals surface area contributed by atoms with E-state index in [1.165, 1.54) is 11.1 Å². The van der Waals surface area contributed by atoms with E-state index in [4.69, 9.17) is 13.9 Å². The molecule has 1 aliphatic rings. The van der Waals surface area contributed by atoms with Gasteiger partial charge in [0.1, 0.15) is 5.76 Å². The molecule has 0 saturated heterocycles. The average Bonchev–Trinajstić information content (AvgIpc) is 3.28. The van der Waals surface area contributed by atoms with E-state index in [1.807, 2.05) is 24.3 Å². The maximum atomic E-state index is 6.35. The first-order chi connectivity index (χ1) is 16.4. The van der Waals surface area contributed by atoms with Crippen molar-refractivity contribution >= 4 is 30.5 Å². The molecule has 172 valence electrons. The Balaban J connectivity index is 1.64. The zero-order valence-corrected chi connectivity index (χ0v) is 20.8. The molecule has 5 rings (SSSR count). The Morgan fingerprint density at radius 2 is 1.35 bits per heavy atom. The van der Waals surface area contributed by atoms with Gasteiger partial charge in [0.25, 0.3) is 0 Å². The number of ether oxygens (including phenoxy) is 2. The first-order valence-corrected chi connectivity index (χ1v) is 14.9. The molecule has 0 bridgehead atoms. The second kappa shape index (κ2) is 8.91. The van der Waals surface area contributed by atoms with Gasteiger partial charge in [0, 0.05) is 11.3 Å². The van der Waals surface area contributed by atoms with Crippen LogP contribution in [-0.4, -0.2) is 15.1 Å². The van der Waals surface area contributed by atoms with E-state index in [2.05, 4.69) is 92.2 Å². The molecule has 0 unspecified atom stereocenters. The van der Waals surface area contributed by atoms with Gasteiger partial charge in [0.2, 0.25) is 15.1 Å². The smallest absolute Gasteiger partial charge is 0.242 e. The molecule has 0 saturated carbocycles. The van der Waals surface area contributed by atoms with Crippen LogP contribution in [0.15, 0.2) is 91.5 Å². The minimum atomic E-state index is -1.85. The highest BCUT2D eigenvalue weighted by molar-refractivity contribution is 6.70. The molecule has 0 fully saturated rings. The molecule has 4 nitrogen and oxygen atoms in total. The van der Waals surface area contributed by atoms with Crippen LogP contribution in [0.1, 0.15) is 22.7 Å². The van der Waals surface area contributed by atoms with Crippen molar-refractivity contribution in [3.8, 4) is 11.5 Å². The third-order valence-electron chi connectivity index (χ3n) is 5.76. The van der Waals surface area contributed by atoms with E-state index in [0.717, 1.165) is 33.5 Å². The van der Waals surface area contributed by atoms with E-state index in [-0.39, 0.29) is 12.8 Å². The highest BCUT2D eigenvalue weighted by Crippen LogP contribution is 2.40. The standard InChI is InChI=1S/C29H29NO3Si/c1-20(33-34(2,3)4)25-15-23-17-27-28(32-19-31-27)18-24(23)16-26(25)30-29(21-11-7-5-8-12-21)22-13-9-6-10-14-22/h5-18,29-30H,1,19H2,2-4H3. The van der Waals surface area contributed by atoms with Crippen molar-refractivity contribution in [2.24, 2.45) is 0 Å². The molecule has 0 amide bonds. The molecule has 0 spiro atoms. The van der Waals surface area contributed by atoms with E-state index >= 15 is 0 Å². The van der Waals surface area contributed by atoms with Crippen molar-refractivity contribution in [1.29, 1.82) is 0 Å². The average molecular weight is 468 g/mol. The number of rotatable bonds is 7. The number of hydrogen-bond donors (Lipinski definition) is 1. The highest BCUT2D eigenvalue weighted by atomic mass is 28.4. The van der Waals surface area contributed by atoms with E-state index < -0.39 is 8.32 Å². The molecule has 0 aromatic heterocycles. The predicted molar refractivity (Wildman–Crippen MR) is 142 cm³/mol. The number of fused-ring (bicyclic) bond motifs is 2. The van der Waals surface area contributed by atoms with Gasteiger partial charge in [0.15, 0.2) is 11.5 Å². The Kier molecular flexibility index (Phi) is 5.80. The molecular formula is C29H29NO3Si. The van der Waals surface area contributed by atoms with Crippen molar-refractivity contribution in [3.63, 3.8) is 0 Å². The third-order valence-corrected chi connectivity index (χ3v) is 6.62. The molecule has 1 N–H and O–H groups in total. The zero-order chi connectivity index (χ0) is 23.7. The summed E-state index contributed by atoms with van der Waals surface area (Å²) >= 11 is 0. The summed E-state index contributed by atoms with van der Waals surface area (Å²) in [6.07, 6.45) is 0. The van der Waals surface area contributed by atoms with Gasteiger partial charge in [-0.2, -0.15) is 0 Å². The molecule has 5 heteroatoms. The molecule has 1 heterocycles. The van der Waals surface area contributed by atoms with Crippen molar-refractivity contribution < 1.29 is 13.9 Å². The lowest BCUT2D eigenvalue weighted by molar-refractivity contribution is 0.174. The van der Waals surface area contributed by atoms with Crippen LogP contribution in [0.25, 0.3) is 16.5 Å².